The summed E-state index contributed by atoms with van der Waals surface area (Å²) in [5.41, 5.74) is -0.317. The highest BCUT2D eigenvalue weighted by Gasteiger charge is 2.23. The summed E-state index contributed by atoms with van der Waals surface area (Å²) < 4.78 is 10.3. The van der Waals surface area contributed by atoms with Gasteiger partial charge in [0, 0.05) is 12.1 Å². The molecule has 10 nitrogen and oxygen atoms in total. The molecule has 0 atom stereocenters. The molecule has 30 heavy (non-hydrogen) atoms. The first-order chi connectivity index (χ1) is 14.1. The van der Waals surface area contributed by atoms with E-state index in [1.807, 2.05) is 27.7 Å². The van der Waals surface area contributed by atoms with E-state index < -0.39 is 22.9 Å². The smallest absolute Gasteiger partial charge is 0.407 e. The van der Waals surface area contributed by atoms with Gasteiger partial charge in [-0.15, -0.1) is 0 Å². The van der Waals surface area contributed by atoms with E-state index in [-0.39, 0.29) is 23.2 Å². The Labute approximate surface area is 172 Å². The van der Waals surface area contributed by atoms with Crippen LogP contribution in [-0.2, 0) is 11.2 Å². The van der Waals surface area contributed by atoms with Gasteiger partial charge in [0.15, 0.2) is 0 Å². The van der Waals surface area contributed by atoms with Crippen molar-refractivity contribution < 1.29 is 18.8 Å². The van der Waals surface area contributed by atoms with Crippen LogP contribution in [0, 0.1) is 0 Å². The summed E-state index contributed by atoms with van der Waals surface area (Å²) in [6, 6.07) is 1.13. The molecular formula is C20H26N4O6. The van der Waals surface area contributed by atoms with Crippen molar-refractivity contribution in [1.82, 2.24) is 15.3 Å². The van der Waals surface area contributed by atoms with Crippen molar-refractivity contribution in [1.29, 1.82) is 0 Å². The number of amides is 1. The van der Waals surface area contributed by atoms with Gasteiger partial charge in [-0.2, -0.15) is 4.98 Å². The second kappa shape index (κ2) is 8.68. The summed E-state index contributed by atoms with van der Waals surface area (Å²) in [6.07, 6.45) is 2.68. The summed E-state index contributed by atoms with van der Waals surface area (Å²) in [6.45, 7) is 7.27. The number of alkyl carbamates (subject to hydrolysis) is 1. The minimum atomic E-state index is -0.578. The predicted molar refractivity (Wildman–Crippen MR) is 110 cm³/mol. The molecular weight excluding hydrogens is 392 g/mol. The lowest BCUT2D eigenvalue weighted by Crippen LogP contribution is -2.41. The minimum Gasteiger partial charge on any atom is -0.444 e. The standard InChI is InChI=1S/C20H26N4O6/c1-5-11-10-14(25)28-17-15(11)16(26)22-18(23-17)30-24-13-8-6-12(7-9-13)21-19(27)29-20(2,3)4/h10,12H,5-9H2,1-4H3,(H,21,27)(H,22,23,26). The lowest BCUT2D eigenvalue weighted by molar-refractivity contribution is 0.0498. The molecule has 0 radical (unpaired) electrons. The Kier molecular flexibility index (Phi) is 6.23. The van der Waals surface area contributed by atoms with Crippen molar-refractivity contribution in [2.45, 2.75) is 71.4 Å². The molecule has 1 amide bonds. The van der Waals surface area contributed by atoms with Crippen LogP contribution in [0.2, 0.25) is 0 Å². The number of aromatic nitrogens is 2. The molecule has 2 aromatic rings. The summed E-state index contributed by atoms with van der Waals surface area (Å²) in [5, 5.41) is 7.14. The van der Waals surface area contributed by atoms with E-state index in [9.17, 15) is 14.4 Å². The Hall–Kier alpha value is -3.17. The number of aryl methyl sites for hydroxylation is 1. The highest BCUT2D eigenvalue weighted by atomic mass is 16.6. The van der Waals surface area contributed by atoms with Crippen LogP contribution in [0.15, 0.2) is 25.2 Å². The fourth-order valence-electron chi connectivity index (χ4n) is 3.22. The Morgan fingerprint density at radius 2 is 2.03 bits per heavy atom. The van der Waals surface area contributed by atoms with Crippen molar-refractivity contribution in [3.05, 3.63) is 32.4 Å². The maximum Gasteiger partial charge on any atom is 0.407 e. The molecule has 0 saturated heterocycles. The van der Waals surface area contributed by atoms with Gasteiger partial charge in [0.05, 0.1) is 5.71 Å². The zero-order chi connectivity index (χ0) is 21.9. The van der Waals surface area contributed by atoms with Gasteiger partial charge >= 0.3 is 17.7 Å². The van der Waals surface area contributed by atoms with Gasteiger partial charge in [-0.1, -0.05) is 12.1 Å². The van der Waals surface area contributed by atoms with Crippen molar-refractivity contribution in [3.63, 3.8) is 0 Å². The van der Waals surface area contributed by atoms with Gasteiger partial charge in [-0.25, -0.2) is 9.59 Å². The lowest BCUT2D eigenvalue weighted by atomic mass is 9.94. The predicted octanol–water partition coefficient (Wildman–Crippen LogP) is 2.64. The quantitative estimate of drug-likeness (QED) is 0.728. The van der Waals surface area contributed by atoms with Gasteiger partial charge in [0.2, 0.25) is 5.71 Å². The van der Waals surface area contributed by atoms with Crippen molar-refractivity contribution in [2.75, 3.05) is 0 Å². The molecule has 2 N–H and O–H groups in total. The molecule has 0 aromatic carbocycles. The van der Waals surface area contributed by atoms with E-state index in [0.29, 0.717) is 37.7 Å². The molecule has 3 rings (SSSR count). The Balaban J connectivity index is 1.63. The number of hydrogen-bond donors (Lipinski definition) is 2. The number of oxime groups is 1. The van der Waals surface area contributed by atoms with E-state index in [1.54, 1.807) is 0 Å². The molecule has 162 valence electrons. The van der Waals surface area contributed by atoms with Crippen LogP contribution in [0.5, 0.6) is 6.01 Å². The number of hydrogen-bond acceptors (Lipinski definition) is 8. The van der Waals surface area contributed by atoms with Gasteiger partial charge in [-0.05, 0) is 58.4 Å². The molecule has 1 aliphatic carbocycles. The number of nitrogens with zero attached hydrogens (tertiary/aromatic N) is 2. The lowest BCUT2D eigenvalue weighted by Gasteiger charge is -2.26. The number of fused-ring (bicyclic) bond motifs is 1. The summed E-state index contributed by atoms with van der Waals surface area (Å²) in [4.78, 5) is 47.7. The number of ether oxygens (including phenoxy) is 1. The van der Waals surface area contributed by atoms with Gasteiger partial charge in [0.1, 0.15) is 11.0 Å². The van der Waals surface area contributed by atoms with Crippen LogP contribution in [0.25, 0.3) is 11.1 Å². The highest BCUT2D eigenvalue weighted by molar-refractivity contribution is 5.85. The molecule has 10 heteroatoms. The average Bonchev–Trinajstić information content (AvgIpc) is 2.64. The SMILES string of the molecule is CCc1cc(=O)oc2nc(ON=C3CCC(NC(=O)OC(C)(C)C)CC3)[nH]c(=O)c12. The molecule has 1 fully saturated rings. The van der Waals surface area contributed by atoms with Crippen LogP contribution >= 0.6 is 0 Å². The number of carbonyl (C=O) groups excluding carboxylic acids is 1. The average molecular weight is 418 g/mol. The maximum absolute atomic E-state index is 12.3. The largest absolute Gasteiger partial charge is 0.444 e. The fraction of sp³-hybridized carbons (Fsp3) is 0.550. The zero-order valence-electron chi connectivity index (χ0n) is 17.5. The molecule has 2 heterocycles. The monoisotopic (exact) mass is 418 g/mol. The summed E-state index contributed by atoms with van der Waals surface area (Å²) in [5.74, 6) is 0. The molecule has 0 bridgehead atoms. The number of nitrogens with one attached hydrogen (secondary N) is 2. The molecule has 0 aliphatic heterocycles. The molecule has 0 unspecified atom stereocenters. The second-order valence-corrected chi connectivity index (χ2v) is 8.16. The fourth-order valence-corrected chi connectivity index (χ4v) is 3.22. The molecule has 1 saturated carbocycles. The van der Waals surface area contributed by atoms with E-state index >= 15 is 0 Å². The van der Waals surface area contributed by atoms with Crippen molar-refractivity contribution in [3.8, 4) is 6.01 Å². The van der Waals surface area contributed by atoms with Gasteiger partial charge < -0.3 is 19.3 Å². The normalized spacial score (nSPS) is 16.9. The third-order valence-corrected chi connectivity index (χ3v) is 4.60. The van der Waals surface area contributed by atoms with Crippen LogP contribution in [0.1, 0.15) is 58.9 Å². The summed E-state index contributed by atoms with van der Waals surface area (Å²) in [7, 11) is 0. The molecule has 0 spiro atoms. The highest BCUT2D eigenvalue weighted by Crippen LogP contribution is 2.18. The van der Waals surface area contributed by atoms with Crippen LogP contribution in [0.3, 0.4) is 0 Å². The molecule has 1 aliphatic rings. The second-order valence-electron chi connectivity index (χ2n) is 8.16. The first-order valence-electron chi connectivity index (χ1n) is 9.94. The Morgan fingerprint density at radius 3 is 2.67 bits per heavy atom. The van der Waals surface area contributed by atoms with E-state index in [2.05, 4.69) is 20.4 Å². The number of aromatic amines is 1. The zero-order valence-corrected chi connectivity index (χ0v) is 17.5. The third-order valence-electron chi connectivity index (χ3n) is 4.60. The van der Waals surface area contributed by atoms with E-state index in [1.165, 1.54) is 6.07 Å². The maximum atomic E-state index is 12.3. The van der Waals surface area contributed by atoms with Crippen LogP contribution in [-0.4, -0.2) is 33.4 Å². The third kappa shape index (κ3) is 5.46. The topological polar surface area (TPSA) is 136 Å². The minimum absolute atomic E-state index is 0.000795. The Morgan fingerprint density at radius 1 is 1.33 bits per heavy atom. The molecule has 2 aromatic heterocycles. The number of carbonyl (C=O) groups is 1. The van der Waals surface area contributed by atoms with E-state index in [0.717, 1.165) is 5.71 Å². The van der Waals surface area contributed by atoms with Crippen molar-refractivity contribution in [2.24, 2.45) is 5.16 Å². The van der Waals surface area contributed by atoms with Gasteiger partial charge in [0.25, 0.3) is 5.56 Å². The van der Waals surface area contributed by atoms with Crippen LogP contribution in [0.4, 0.5) is 4.79 Å². The first-order valence-corrected chi connectivity index (χ1v) is 9.94. The van der Waals surface area contributed by atoms with Crippen LogP contribution < -0.4 is 21.3 Å². The van der Waals surface area contributed by atoms with Crippen molar-refractivity contribution >= 4 is 22.9 Å². The summed E-state index contributed by atoms with van der Waals surface area (Å²) >= 11 is 0. The number of rotatable bonds is 4. The van der Waals surface area contributed by atoms with E-state index in [4.69, 9.17) is 14.0 Å². The number of H-pyrrole nitrogens is 1. The Bertz CT molecular complexity index is 1070. The first kappa shape index (κ1) is 21.5. The van der Waals surface area contributed by atoms with Gasteiger partial charge in [-0.3, -0.25) is 9.78 Å².